The van der Waals surface area contributed by atoms with E-state index in [1.54, 1.807) is 22.2 Å². The maximum Gasteiger partial charge on any atom is 0.272 e. The van der Waals surface area contributed by atoms with Crippen molar-refractivity contribution >= 4 is 27.5 Å². The molecule has 0 unspecified atom stereocenters. The molecule has 0 fully saturated rings. The second-order valence-electron chi connectivity index (χ2n) is 6.49. The highest BCUT2D eigenvalue weighted by molar-refractivity contribution is 7.20. The monoisotopic (exact) mass is 377 g/mol. The van der Waals surface area contributed by atoms with Gasteiger partial charge in [0.2, 0.25) is 5.13 Å². The van der Waals surface area contributed by atoms with Gasteiger partial charge in [0.1, 0.15) is 0 Å². The summed E-state index contributed by atoms with van der Waals surface area (Å²) in [4.78, 5) is 21.5. The van der Waals surface area contributed by atoms with Gasteiger partial charge in [0.15, 0.2) is 5.69 Å². The van der Waals surface area contributed by atoms with Crippen molar-refractivity contribution in [3.05, 3.63) is 71.8 Å². The minimum atomic E-state index is -0.220. The van der Waals surface area contributed by atoms with Gasteiger partial charge in [-0.25, -0.2) is 9.67 Å². The second kappa shape index (κ2) is 7.28. The Kier molecular flexibility index (Phi) is 4.68. The lowest BCUT2D eigenvalue weighted by atomic mass is 10.1. The third kappa shape index (κ3) is 3.59. The van der Waals surface area contributed by atoms with E-state index in [-0.39, 0.29) is 11.8 Å². The molecule has 6 nitrogen and oxygen atoms in total. The van der Waals surface area contributed by atoms with Gasteiger partial charge >= 0.3 is 0 Å². The zero-order valence-electron chi connectivity index (χ0n) is 15.1. The Hall–Kier alpha value is -3.06. The van der Waals surface area contributed by atoms with Crippen molar-refractivity contribution in [2.45, 2.75) is 26.3 Å². The molecule has 4 rings (SSSR count). The van der Waals surface area contributed by atoms with E-state index < -0.39 is 0 Å². The van der Waals surface area contributed by atoms with Crippen molar-refractivity contribution in [2.24, 2.45) is 0 Å². The Morgan fingerprint density at radius 2 is 2.00 bits per heavy atom. The van der Waals surface area contributed by atoms with Crippen LogP contribution < -0.4 is 5.32 Å². The van der Waals surface area contributed by atoms with Gasteiger partial charge < -0.3 is 5.32 Å². The SMILES string of the molecule is CC(C)c1cc(C(=O)NCc2ccccn2)nn1-c1nc2ccccc2s1. The van der Waals surface area contributed by atoms with E-state index in [4.69, 9.17) is 0 Å². The first-order valence-corrected chi connectivity index (χ1v) is 9.57. The van der Waals surface area contributed by atoms with Gasteiger partial charge in [0.05, 0.1) is 28.1 Å². The lowest BCUT2D eigenvalue weighted by Crippen LogP contribution is -2.23. The van der Waals surface area contributed by atoms with Crippen LogP contribution in [0, 0.1) is 0 Å². The van der Waals surface area contributed by atoms with E-state index in [0.717, 1.165) is 26.7 Å². The molecule has 3 heterocycles. The normalized spacial score (nSPS) is 11.2. The van der Waals surface area contributed by atoms with Crippen LogP contribution in [0.5, 0.6) is 0 Å². The Morgan fingerprint density at radius 3 is 2.74 bits per heavy atom. The van der Waals surface area contributed by atoms with Crippen molar-refractivity contribution in [3.63, 3.8) is 0 Å². The number of hydrogen-bond acceptors (Lipinski definition) is 5. The van der Waals surface area contributed by atoms with Crippen LogP contribution in [0.1, 0.15) is 41.6 Å². The van der Waals surface area contributed by atoms with E-state index in [9.17, 15) is 4.79 Å². The molecule has 0 spiro atoms. The van der Waals surface area contributed by atoms with Crippen molar-refractivity contribution in [1.82, 2.24) is 25.1 Å². The van der Waals surface area contributed by atoms with Crippen LogP contribution in [-0.4, -0.2) is 25.7 Å². The molecular weight excluding hydrogens is 358 g/mol. The standard InChI is InChI=1S/C20H19N5OS/c1-13(2)17-11-16(19(26)22-12-14-7-5-6-10-21-14)24-25(17)20-23-15-8-3-4-9-18(15)27-20/h3-11,13H,12H2,1-2H3,(H,22,26). The Morgan fingerprint density at radius 1 is 1.19 bits per heavy atom. The summed E-state index contributed by atoms with van der Waals surface area (Å²) in [5.74, 6) is -0.00994. The number of nitrogens with one attached hydrogen (secondary N) is 1. The second-order valence-corrected chi connectivity index (χ2v) is 7.50. The van der Waals surface area contributed by atoms with Crippen molar-refractivity contribution in [3.8, 4) is 5.13 Å². The number of thiazole rings is 1. The van der Waals surface area contributed by atoms with E-state index in [0.29, 0.717) is 12.2 Å². The third-order valence-electron chi connectivity index (χ3n) is 4.18. The zero-order valence-corrected chi connectivity index (χ0v) is 15.9. The Labute approximate surface area is 160 Å². The fraction of sp³-hybridized carbons (Fsp3) is 0.200. The number of rotatable bonds is 5. The predicted molar refractivity (Wildman–Crippen MR) is 106 cm³/mol. The largest absolute Gasteiger partial charge is 0.345 e. The number of aromatic nitrogens is 4. The predicted octanol–water partition coefficient (Wildman–Crippen LogP) is 3.93. The summed E-state index contributed by atoms with van der Waals surface area (Å²) >= 11 is 1.56. The van der Waals surface area contributed by atoms with Crippen molar-refractivity contribution in [2.75, 3.05) is 0 Å². The molecule has 0 aliphatic carbocycles. The van der Waals surface area contributed by atoms with Gasteiger partial charge in [-0.3, -0.25) is 9.78 Å². The number of amides is 1. The third-order valence-corrected chi connectivity index (χ3v) is 5.19. The summed E-state index contributed by atoms with van der Waals surface area (Å²) in [6.45, 7) is 4.53. The van der Waals surface area contributed by atoms with Crippen molar-refractivity contribution in [1.29, 1.82) is 0 Å². The highest BCUT2D eigenvalue weighted by Crippen LogP contribution is 2.27. The van der Waals surface area contributed by atoms with Crippen molar-refractivity contribution < 1.29 is 4.79 Å². The summed E-state index contributed by atoms with van der Waals surface area (Å²) in [7, 11) is 0. The maximum atomic E-state index is 12.6. The van der Waals surface area contributed by atoms with Gasteiger partial charge in [0.25, 0.3) is 5.91 Å². The average Bonchev–Trinajstić information content (AvgIpc) is 3.31. The van der Waals surface area contributed by atoms with Crippen LogP contribution in [-0.2, 0) is 6.54 Å². The Balaban J connectivity index is 1.63. The molecule has 0 aliphatic rings. The van der Waals surface area contributed by atoms with Gasteiger partial charge in [0, 0.05) is 6.20 Å². The Bertz CT molecular complexity index is 1050. The van der Waals surface area contributed by atoms with E-state index >= 15 is 0 Å². The maximum absolute atomic E-state index is 12.6. The minimum Gasteiger partial charge on any atom is -0.345 e. The highest BCUT2D eigenvalue weighted by atomic mass is 32.1. The quantitative estimate of drug-likeness (QED) is 0.572. The van der Waals surface area contributed by atoms with Gasteiger partial charge in [-0.1, -0.05) is 43.4 Å². The summed E-state index contributed by atoms with van der Waals surface area (Å²) in [6, 6.07) is 15.4. The molecule has 0 saturated carbocycles. The summed E-state index contributed by atoms with van der Waals surface area (Å²) < 4.78 is 2.88. The van der Waals surface area contributed by atoms with E-state index in [1.165, 1.54) is 0 Å². The molecule has 0 bridgehead atoms. The molecule has 7 heteroatoms. The lowest BCUT2D eigenvalue weighted by molar-refractivity contribution is 0.0945. The molecule has 0 radical (unpaired) electrons. The molecule has 136 valence electrons. The minimum absolute atomic E-state index is 0.210. The topological polar surface area (TPSA) is 72.7 Å². The average molecular weight is 377 g/mol. The van der Waals surface area contributed by atoms with Gasteiger partial charge in [-0.15, -0.1) is 0 Å². The molecule has 1 amide bonds. The first-order chi connectivity index (χ1) is 13.1. The molecule has 0 aliphatic heterocycles. The summed E-state index contributed by atoms with van der Waals surface area (Å²) in [5, 5.41) is 8.19. The van der Waals surface area contributed by atoms with E-state index in [2.05, 4.69) is 34.2 Å². The van der Waals surface area contributed by atoms with E-state index in [1.807, 2.05) is 48.5 Å². The molecular formula is C20H19N5OS. The number of carbonyl (C=O) groups excluding carboxylic acids is 1. The van der Waals surface area contributed by atoms with Crippen LogP contribution in [0.2, 0.25) is 0 Å². The fourth-order valence-corrected chi connectivity index (χ4v) is 3.72. The first kappa shape index (κ1) is 17.4. The van der Waals surface area contributed by atoms with Crippen LogP contribution >= 0.6 is 11.3 Å². The molecule has 1 N–H and O–H groups in total. The number of carbonyl (C=O) groups is 1. The fourth-order valence-electron chi connectivity index (χ4n) is 2.79. The smallest absolute Gasteiger partial charge is 0.272 e. The number of nitrogens with zero attached hydrogens (tertiary/aromatic N) is 4. The molecule has 0 atom stereocenters. The molecule has 4 aromatic rings. The van der Waals surface area contributed by atoms with Gasteiger partial charge in [-0.05, 0) is 36.2 Å². The molecule has 1 aromatic carbocycles. The van der Waals surface area contributed by atoms with Crippen LogP contribution in [0.4, 0.5) is 0 Å². The number of benzene rings is 1. The number of pyridine rings is 1. The van der Waals surface area contributed by atoms with Crippen LogP contribution in [0.25, 0.3) is 15.3 Å². The first-order valence-electron chi connectivity index (χ1n) is 8.76. The molecule has 3 aromatic heterocycles. The number of hydrogen-bond donors (Lipinski definition) is 1. The number of fused-ring (bicyclic) bond motifs is 1. The zero-order chi connectivity index (χ0) is 18.8. The van der Waals surface area contributed by atoms with Crippen LogP contribution in [0.15, 0.2) is 54.7 Å². The highest BCUT2D eigenvalue weighted by Gasteiger charge is 2.19. The summed E-state index contributed by atoms with van der Waals surface area (Å²) in [6.07, 6.45) is 1.71. The van der Waals surface area contributed by atoms with Gasteiger partial charge in [-0.2, -0.15) is 5.10 Å². The molecule has 27 heavy (non-hydrogen) atoms. The summed E-state index contributed by atoms with van der Waals surface area (Å²) in [5.41, 5.74) is 3.08. The number of para-hydroxylation sites is 1. The van der Waals surface area contributed by atoms with Crippen LogP contribution in [0.3, 0.4) is 0 Å². The lowest BCUT2D eigenvalue weighted by Gasteiger charge is -2.05. The molecule has 0 saturated heterocycles.